The maximum absolute atomic E-state index is 11.9. The normalized spacial score (nSPS) is 24.1. The zero-order valence-corrected chi connectivity index (χ0v) is 10.2. The van der Waals surface area contributed by atoms with Crippen LogP contribution in [0.15, 0.2) is 12.5 Å². The molecule has 0 saturated carbocycles. The summed E-state index contributed by atoms with van der Waals surface area (Å²) in [6, 6.07) is -1.56. The lowest BCUT2D eigenvalue weighted by Crippen LogP contribution is -2.49. The number of H-pyrrole nitrogens is 1. The highest BCUT2D eigenvalue weighted by atomic mass is 16.4. The molecule has 0 aliphatic carbocycles. The molecule has 1 aromatic heterocycles. The molecule has 0 aromatic carbocycles. The molecule has 19 heavy (non-hydrogen) atoms. The number of imidazole rings is 1. The van der Waals surface area contributed by atoms with Crippen molar-refractivity contribution in [1.29, 1.82) is 0 Å². The van der Waals surface area contributed by atoms with Gasteiger partial charge in [-0.15, -0.1) is 0 Å². The van der Waals surface area contributed by atoms with Gasteiger partial charge in [0.15, 0.2) is 0 Å². The van der Waals surface area contributed by atoms with Crippen molar-refractivity contribution in [3.05, 3.63) is 18.2 Å². The predicted molar refractivity (Wildman–Crippen MR) is 64.3 cm³/mol. The smallest absolute Gasteiger partial charge is 0.326 e. The summed E-state index contributed by atoms with van der Waals surface area (Å²) in [5, 5.41) is 23.7. The van der Waals surface area contributed by atoms with Crippen molar-refractivity contribution < 1.29 is 19.8 Å². The van der Waals surface area contributed by atoms with Crippen LogP contribution in [0.1, 0.15) is 12.1 Å². The molecule has 1 aromatic rings. The molecule has 5 N–H and O–H groups in total. The molecule has 1 saturated heterocycles. The molecule has 0 spiro atoms. The van der Waals surface area contributed by atoms with Crippen molar-refractivity contribution in [2.75, 3.05) is 6.54 Å². The Morgan fingerprint density at radius 1 is 1.58 bits per heavy atom. The van der Waals surface area contributed by atoms with Gasteiger partial charge in [0.25, 0.3) is 0 Å². The van der Waals surface area contributed by atoms with Gasteiger partial charge in [0.2, 0.25) is 5.91 Å². The quantitative estimate of drug-likeness (QED) is 0.430. The maximum Gasteiger partial charge on any atom is 0.326 e. The fourth-order valence-corrected chi connectivity index (χ4v) is 2.01. The number of aromatic amines is 1. The van der Waals surface area contributed by atoms with E-state index < -0.39 is 30.1 Å². The predicted octanol–water partition coefficient (Wildman–Crippen LogP) is -1.76. The standard InChI is InChI=1S/C11H16N4O4/c16-7-2-8(13-4-7)10(17)15-9(11(18)19)1-6-3-12-5-14-6/h3,5,7-9,13,16H,1-2,4H2,(H,12,14)(H,15,17)(H,18,19)/t7?,8?,9-/m1/s1. The summed E-state index contributed by atoms with van der Waals surface area (Å²) in [4.78, 5) is 29.6. The highest BCUT2D eigenvalue weighted by molar-refractivity contribution is 5.87. The van der Waals surface area contributed by atoms with Crippen molar-refractivity contribution in [2.24, 2.45) is 0 Å². The van der Waals surface area contributed by atoms with Crippen LogP contribution in [0, 0.1) is 0 Å². The fraction of sp³-hybridized carbons (Fsp3) is 0.545. The topological polar surface area (TPSA) is 127 Å². The van der Waals surface area contributed by atoms with Gasteiger partial charge in [0.1, 0.15) is 6.04 Å². The van der Waals surface area contributed by atoms with E-state index in [0.29, 0.717) is 18.7 Å². The van der Waals surface area contributed by atoms with Crippen molar-refractivity contribution in [3.63, 3.8) is 0 Å². The first-order chi connectivity index (χ1) is 9.06. The van der Waals surface area contributed by atoms with E-state index in [0.717, 1.165) is 0 Å². The van der Waals surface area contributed by atoms with Gasteiger partial charge in [-0.05, 0) is 6.42 Å². The Labute approximate surface area is 109 Å². The van der Waals surface area contributed by atoms with E-state index in [4.69, 9.17) is 5.11 Å². The van der Waals surface area contributed by atoms with E-state index in [-0.39, 0.29) is 6.42 Å². The van der Waals surface area contributed by atoms with Gasteiger partial charge in [-0.25, -0.2) is 9.78 Å². The summed E-state index contributed by atoms with van der Waals surface area (Å²) < 4.78 is 0. The molecule has 104 valence electrons. The van der Waals surface area contributed by atoms with E-state index in [2.05, 4.69) is 20.6 Å². The number of aliphatic carboxylic acids is 1. The molecule has 1 amide bonds. The van der Waals surface area contributed by atoms with Crippen molar-refractivity contribution >= 4 is 11.9 Å². The van der Waals surface area contributed by atoms with E-state index in [9.17, 15) is 14.7 Å². The molecular formula is C11H16N4O4. The molecular weight excluding hydrogens is 252 g/mol. The molecule has 0 bridgehead atoms. The minimum Gasteiger partial charge on any atom is -0.480 e. The van der Waals surface area contributed by atoms with Gasteiger partial charge in [-0.1, -0.05) is 0 Å². The number of carboxylic acid groups (broad SMARTS) is 1. The average molecular weight is 268 g/mol. The Morgan fingerprint density at radius 3 is 2.89 bits per heavy atom. The number of amides is 1. The van der Waals surface area contributed by atoms with Gasteiger partial charge in [-0.2, -0.15) is 0 Å². The third-order valence-electron chi connectivity index (χ3n) is 3.02. The first-order valence-electron chi connectivity index (χ1n) is 5.98. The molecule has 8 nitrogen and oxygen atoms in total. The molecule has 2 unspecified atom stereocenters. The average Bonchev–Trinajstić information content (AvgIpc) is 2.99. The number of hydrogen-bond acceptors (Lipinski definition) is 5. The van der Waals surface area contributed by atoms with Crippen LogP contribution in [0.2, 0.25) is 0 Å². The largest absolute Gasteiger partial charge is 0.480 e. The minimum atomic E-state index is -1.11. The van der Waals surface area contributed by atoms with Gasteiger partial charge in [0, 0.05) is 24.9 Å². The van der Waals surface area contributed by atoms with E-state index in [1.165, 1.54) is 12.5 Å². The lowest BCUT2D eigenvalue weighted by molar-refractivity contribution is -0.142. The second-order valence-corrected chi connectivity index (χ2v) is 4.53. The van der Waals surface area contributed by atoms with Crippen LogP contribution in [0.5, 0.6) is 0 Å². The van der Waals surface area contributed by atoms with Gasteiger partial charge < -0.3 is 25.8 Å². The number of β-amino-alcohol motifs (C(OH)–C–C–N with tert-alkyl or cyclic N) is 1. The Kier molecular flexibility index (Phi) is 4.13. The highest BCUT2D eigenvalue weighted by Crippen LogP contribution is 2.07. The molecule has 1 fully saturated rings. The summed E-state index contributed by atoms with van der Waals surface area (Å²) in [7, 11) is 0. The number of carbonyl (C=O) groups is 2. The monoisotopic (exact) mass is 268 g/mol. The summed E-state index contributed by atoms with van der Waals surface area (Å²) >= 11 is 0. The molecule has 8 heteroatoms. The maximum atomic E-state index is 11.9. The van der Waals surface area contributed by atoms with Crippen molar-refractivity contribution in [3.8, 4) is 0 Å². The zero-order valence-electron chi connectivity index (χ0n) is 10.2. The summed E-state index contributed by atoms with van der Waals surface area (Å²) in [6.45, 7) is 0.344. The molecule has 3 atom stereocenters. The summed E-state index contributed by atoms with van der Waals surface area (Å²) in [5.74, 6) is -1.52. The Bertz CT molecular complexity index is 448. The first-order valence-corrected chi connectivity index (χ1v) is 5.98. The molecule has 2 heterocycles. The number of nitrogens with zero attached hydrogens (tertiary/aromatic N) is 1. The third-order valence-corrected chi connectivity index (χ3v) is 3.02. The van der Waals surface area contributed by atoms with Crippen LogP contribution in [0.3, 0.4) is 0 Å². The first kappa shape index (κ1) is 13.5. The number of aliphatic hydroxyl groups excluding tert-OH is 1. The zero-order chi connectivity index (χ0) is 13.8. The second-order valence-electron chi connectivity index (χ2n) is 4.53. The van der Waals surface area contributed by atoms with Crippen LogP contribution in [0.25, 0.3) is 0 Å². The van der Waals surface area contributed by atoms with Crippen LogP contribution in [0.4, 0.5) is 0 Å². The van der Waals surface area contributed by atoms with Crippen molar-refractivity contribution in [2.45, 2.75) is 31.0 Å². The van der Waals surface area contributed by atoms with Gasteiger partial charge in [-0.3, -0.25) is 4.79 Å². The molecule has 1 aliphatic heterocycles. The number of aliphatic hydroxyl groups is 1. The third kappa shape index (κ3) is 3.52. The van der Waals surface area contributed by atoms with Gasteiger partial charge in [0.05, 0.1) is 18.5 Å². The molecule has 0 radical (unpaired) electrons. The Balaban J connectivity index is 1.93. The SMILES string of the molecule is O=C(N[C@H](Cc1cnc[nH]1)C(=O)O)C1CC(O)CN1. The van der Waals surface area contributed by atoms with E-state index >= 15 is 0 Å². The molecule has 1 aliphatic rings. The number of nitrogens with one attached hydrogen (secondary N) is 3. The lowest BCUT2D eigenvalue weighted by Gasteiger charge is -2.16. The highest BCUT2D eigenvalue weighted by Gasteiger charge is 2.31. The van der Waals surface area contributed by atoms with Gasteiger partial charge >= 0.3 is 5.97 Å². The van der Waals surface area contributed by atoms with Crippen LogP contribution < -0.4 is 10.6 Å². The Morgan fingerprint density at radius 2 is 2.37 bits per heavy atom. The summed E-state index contributed by atoms with van der Waals surface area (Å²) in [5.41, 5.74) is 0.632. The fourth-order valence-electron chi connectivity index (χ4n) is 2.01. The second kappa shape index (κ2) is 5.81. The number of rotatable bonds is 5. The minimum absolute atomic E-state index is 0.135. The van der Waals surface area contributed by atoms with Crippen LogP contribution >= 0.6 is 0 Å². The van der Waals surface area contributed by atoms with Crippen LogP contribution in [-0.2, 0) is 16.0 Å². The van der Waals surface area contributed by atoms with E-state index in [1.807, 2.05) is 0 Å². The van der Waals surface area contributed by atoms with Crippen molar-refractivity contribution in [1.82, 2.24) is 20.6 Å². The molecule has 2 rings (SSSR count). The van der Waals surface area contributed by atoms with Crippen LogP contribution in [-0.4, -0.2) is 56.8 Å². The van der Waals surface area contributed by atoms with E-state index in [1.54, 1.807) is 0 Å². The number of carboxylic acids is 1. The number of hydrogen-bond donors (Lipinski definition) is 5. The summed E-state index contributed by atoms with van der Waals surface area (Å²) in [6.07, 6.45) is 2.83. The number of carbonyl (C=O) groups excluding carboxylic acids is 1. The Hall–Kier alpha value is -1.93. The lowest BCUT2D eigenvalue weighted by atomic mass is 10.1. The number of aromatic nitrogens is 2.